The van der Waals surface area contributed by atoms with E-state index in [0.717, 1.165) is 35.9 Å². The lowest BCUT2D eigenvalue weighted by Gasteiger charge is -2.29. The van der Waals surface area contributed by atoms with Gasteiger partial charge in [-0.05, 0) is 87.1 Å². The molecule has 0 aliphatic carbocycles. The molecule has 1 aliphatic rings. The maximum Gasteiger partial charge on any atom is 0.309 e. The second-order valence-electron chi connectivity index (χ2n) is 9.10. The topological polar surface area (TPSA) is 40.2 Å². The van der Waals surface area contributed by atoms with Gasteiger partial charge in [-0.1, -0.05) is 6.07 Å². The Morgan fingerprint density at radius 3 is 2.17 bits per heavy atom. The summed E-state index contributed by atoms with van der Waals surface area (Å²) in [6.07, 6.45) is 3.07. The Hall–Kier alpha value is -2.82. The summed E-state index contributed by atoms with van der Waals surface area (Å²) in [5.41, 5.74) is 9.00. The molecule has 1 aliphatic heterocycles. The Morgan fingerprint density at radius 1 is 0.967 bits per heavy atom. The van der Waals surface area contributed by atoms with Crippen molar-refractivity contribution in [2.75, 3.05) is 14.2 Å². The molecule has 0 radical (unpaired) electrons. The molecule has 0 bridgehead atoms. The van der Waals surface area contributed by atoms with Gasteiger partial charge in [-0.3, -0.25) is 0 Å². The predicted molar refractivity (Wildman–Crippen MR) is 118 cm³/mol. The van der Waals surface area contributed by atoms with Gasteiger partial charge in [0.05, 0.1) is 25.3 Å². The van der Waals surface area contributed by atoms with E-state index in [0.29, 0.717) is 0 Å². The number of fused-ring (bicyclic) bond motifs is 3. The highest BCUT2D eigenvalue weighted by Crippen LogP contribution is 2.39. The summed E-state index contributed by atoms with van der Waals surface area (Å²) in [7, 11) is 3.36. The second-order valence-corrected chi connectivity index (χ2v) is 9.10. The van der Waals surface area contributed by atoms with E-state index in [-0.39, 0.29) is 5.54 Å². The molecule has 0 amide bonds. The minimum absolute atomic E-state index is 0.0766. The summed E-state index contributed by atoms with van der Waals surface area (Å²) in [5.74, 6) is 2.47. The van der Waals surface area contributed by atoms with Gasteiger partial charge in [-0.25, -0.2) is 4.57 Å². The summed E-state index contributed by atoms with van der Waals surface area (Å²) in [6, 6.07) is 6.42. The summed E-state index contributed by atoms with van der Waals surface area (Å²) in [4.78, 5) is 0. The van der Waals surface area contributed by atoms with Gasteiger partial charge in [-0.2, -0.15) is 0 Å². The molecule has 0 saturated carbocycles. The molecule has 0 spiro atoms. The van der Waals surface area contributed by atoms with E-state index < -0.39 is 0 Å². The Morgan fingerprint density at radius 2 is 1.57 bits per heavy atom. The molecule has 0 fully saturated rings. The van der Waals surface area contributed by atoms with Crippen LogP contribution in [-0.2, 0) is 18.5 Å². The van der Waals surface area contributed by atoms with E-state index in [1.165, 1.54) is 33.4 Å². The molecule has 3 aromatic rings. The minimum atomic E-state index is -0.0766. The highest BCUT2D eigenvalue weighted by Gasteiger charge is 2.39. The predicted octanol–water partition coefficient (Wildman–Crippen LogP) is 4.43. The lowest BCUT2D eigenvalue weighted by Crippen LogP contribution is -2.56. The average Bonchev–Trinajstić information content (AvgIpc) is 3.14. The number of hydrogen-bond donors (Lipinski definition) is 0. The molecule has 1 aromatic heterocycles. The number of nitrogens with zero attached hydrogens (tertiary/aromatic N) is 3. The van der Waals surface area contributed by atoms with Crippen molar-refractivity contribution < 1.29 is 14.0 Å². The first-order valence-electron chi connectivity index (χ1n) is 10.5. The molecular weight excluding hydrogens is 374 g/mol. The lowest BCUT2D eigenvalue weighted by atomic mass is 9.87. The molecule has 0 unspecified atom stereocenters. The van der Waals surface area contributed by atoms with Crippen LogP contribution in [0.5, 0.6) is 11.5 Å². The smallest absolute Gasteiger partial charge is 0.309 e. The molecule has 2 aromatic carbocycles. The number of rotatable bonds is 4. The number of aryl methyl sites for hydroxylation is 2. The first kappa shape index (κ1) is 20.5. The van der Waals surface area contributed by atoms with Crippen LogP contribution in [0.15, 0.2) is 24.5 Å². The van der Waals surface area contributed by atoms with E-state index in [1.807, 2.05) is 0 Å². The molecule has 0 saturated heterocycles. The van der Waals surface area contributed by atoms with Crippen molar-refractivity contribution in [3.8, 4) is 22.9 Å². The van der Waals surface area contributed by atoms with Crippen LogP contribution in [-0.4, -0.2) is 24.0 Å². The fourth-order valence-electron chi connectivity index (χ4n) is 4.61. The fraction of sp³-hybridized carbons (Fsp3) is 0.440. The zero-order valence-electron chi connectivity index (χ0n) is 19.4. The molecule has 30 heavy (non-hydrogen) atoms. The zero-order valence-corrected chi connectivity index (χ0v) is 19.4. The van der Waals surface area contributed by atoms with Crippen molar-refractivity contribution in [3.63, 3.8) is 0 Å². The summed E-state index contributed by atoms with van der Waals surface area (Å²) >= 11 is 0. The third-order valence-electron chi connectivity index (χ3n) is 6.67. The molecule has 5 heteroatoms. The van der Waals surface area contributed by atoms with Crippen LogP contribution in [0.4, 0.5) is 0 Å². The van der Waals surface area contributed by atoms with Crippen LogP contribution < -0.4 is 14.0 Å². The van der Waals surface area contributed by atoms with Crippen molar-refractivity contribution in [2.45, 2.75) is 60.0 Å². The van der Waals surface area contributed by atoms with Crippen molar-refractivity contribution in [3.05, 3.63) is 57.9 Å². The number of benzene rings is 2. The first-order chi connectivity index (χ1) is 14.2. The summed E-state index contributed by atoms with van der Waals surface area (Å²) < 4.78 is 15.5. The van der Waals surface area contributed by atoms with E-state index in [1.54, 1.807) is 14.2 Å². The summed E-state index contributed by atoms with van der Waals surface area (Å²) in [6.45, 7) is 14.1. The van der Waals surface area contributed by atoms with Gasteiger partial charge in [0.2, 0.25) is 6.33 Å². The normalized spacial score (nSPS) is 14.3. The molecule has 5 nitrogen and oxygen atoms in total. The molecule has 2 heterocycles. The van der Waals surface area contributed by atoms with E-state index in [9.17, 15) is 0 Å². The zero-order chi connectivity index (χ0) is 21.8. The molecule has 0 atom stereocenters. The van der Waals surface area contributed by atoms with Crippen LogP contribution in [0.2, 0.25) is 0 Å². The van der Waals surface area contributed by atoms with Crippen LogP contribution in [0.25, 0.3) is 11.4 Å². The summed E-state index contributed by atoms with van der Waals surface area (Å²) in [5, 5.41) is 5.04. The van der Waals surface area contributed by atoms with Gasteiger partial charge in [-0.15, -0.1) is 4.68 Å². The van der Waals surface area contributed by atoms with Gasteiger partial charge in [0.15, 0.2) is 11.5 Å². The maximum atomic E-state index is 5.56. The van der Waals surface area contributed by atoms with E-state index in [4.69, 9.17) is 14.6 Å². The van der Waals surface area contributed by atoms with Crippen LogP contribution in [0.3, 0.4) is 0 Å². The lowest BCUT2D eigenvalue weighted by molar-refractivity contribution is -0.750. The van der Waals surface area contributed by atoms with Crippen molar-refractivity contribution in [2.24, 2.45) is 0 Å². The van der Waals surface area contributed by atoms with Crippen molar-refractivity contribution in [1.29, 1.82) is 0 Å². The molecule has 4 rings (SSSR count). The SMILES string of the molecule is COc1cc2c(cc1OC)-c1nn(Cc3c(C)c(C)cc(C)c3C)c[n+]1C(C)(C)C2. The van der Waals surface area contributed by atoms with Crippen molar-refractivity contribution >= 4 is 0 Å². The van der Waals surface area contributed by atoms with Crippen LogP contribution in [0.1, 0.15) is 47.2 Å². The second kappa shape index (κ2) is 7.15. The van der Waals surface area contributed by atoms with Gasteiger partial charge >= 0.3 is 5.82 Å². The van der Waals surface area contributed by atoms with E-state index >= 15 is 0 Å². The van der Waals surface area contributed by atoms with Gasteiger partial charge in [0.25, 0.3) is 0 Å². The quantitative estimate of drug-likeness (QED) is 0.602. The van der Waals surface area contributed by atoms with E-state index in [2.05, 4.69) is 75.3 Å². The minimum Gasteiger partial charge on any atom is -0.493 e. The fourth-order valence-corrected chi connectivity index (χ4v) is 4.61. The number of ether oxygens (including phenoxy) is 2. The van der Waals surface area contributed by atoms with Crippen LogP contribution >= 0.6 is 0 Å². The Labute approximate surface area is 179 Å². The third-order valence-corrected chi connectivity index (χ3v) is 6.67. The number of methoxy groups -OCH3 is 2. The Kier molecular flexibility index (Phi) is 4.88. The molecular formula is C25H32N3O2+. The van der Waals surface area contributed by atoms with Crippen LogP contribution in [0, 0.1) is 27.7 Å². The van der Waals surface area contributed by atoms with Gasteiger partial charge < -0.3 is 9.47 Å². The number of hydrogen-bond acceptors (Lipinski definition) is 3. The highest BCUT2D eigenvalue weighted by molar-refractivity contribution is 5.65. The first-order valence-corrected chi connectivity index (χ1v) is 10.5. The monoisotopic (exact) mass is 406 g/mol. The molecule has 0 N–H and O–H groups in total. The highest BCUT2D eigenvalue weighted by atomic mass is 16.5. The van der Waals surface area contributed by atoms with Crippen molar-refractivity contribution in [1.82, 2.24) is 9.78 Å². The average molecular weight is 407 g/mol. The maximum absolute atomic E-state index is 5.56. The number of aromatic nitrogens is 3. The third kappa shape index (κ3) is 3.17. The van der Waals surface area contributed by atoms with Gasteiger partial charge in [0, 0.05) is 11.5 Å². The Balaban J connectivity index is 1.84. The Bertz CT molecular complexity index is 1120. The largest absolute Gasteiger partial charge is 0.493 e. The standard InChI is InChI=1S/C25H32N3O2/c1-15-9-16(2)18(4)21(17(15)3)13-27-14-28-24(26-27)20-11-23(30-8)22(29-7)10-19(20)12-25(28,5)6/h9-11,14H,12-13H2,1-8H3/q+1. The molecule has 158 valence electrons. The van der Waals surface area contributed by atoms with Gasteiger partial charge in [0.1, 0.15) is 6.54 Å².